The number of hydrogen-bond acceptors (Lipinski definition) is 1. The molecule has 0 amide bonds. The minimum absolute atomic E-state index is 0.112. The van der Waals surface area contributed by atoms with Crippen LogP contribution >= 0.6 is 15.9 Å². The highest BCUT2D eigenvalue weighted by atomic mass is 79.9. The number of rotatable bonds is 2. The van der Waals surface area contributed by atoms with E-state index in [1.165, 1.54) is 21.5 Å². The maximum atomic E-state index is 5.48. The van der Waals surface area contributed by atoms with Crippen molar-refractivity contribution in [3.05, 3.63) is 58.6 Å². The van der Waals surface area contributed by atoms with E-state index in [9.17, 15) is 0 Å². The lowest BCUT2D eigenvalue weighted by atomic mass is 9.97. The van der Waals surface area contributed by atoms with Gasteiger partial charge in [0.15, 0.2) is 5.96 Å². The van der Waals surface area contributed by atoms with Crippen molar-refractivity contribution in [2.45, 2.75) is 6.54 Å². The van der Waals surface area contributed by atoms with Crippen LogP contribution in [-0.2, 0) is 6.54 Å². The molecule has 0 atom stereocenters. The van der Waals surface area contributed by atoms with Gasteiger partial charge in [0.05, 0.1) is 6.54 Å². The van der Waals surface area contributed by atoms with Crippen LogP contribution in [0.1, 0.15) is 5.56 Å². The Labute approximate surface area is 125 Å². The van der Waals surface area contributed by atoms with Crippen LogP contribution in [0.15, 0.2) is 58.0 Å². The highest BCUT2D eigenvalue weighted by Crippen LogP contribution is 2.36. The normalized spacial score (nSPS) is 10.8. The van der Waals surface area contributed by atoms with E-state index >= 15 is 0 Å². The summed E-state index contributed by atoms with van der Waals surface area (Å²) < 4.78 is 1.11. The number of aliphatic imine (C=N–C) groups is 1. The van der Waals surface area contributed by atoms with Gasteiger partial charge in [0.2, 0.25) is 0 Å². The standard InChI is InChI=1S/C16H14BrN3/c17-15-12-7-3-1-5-10(12)14(9-20-16(18)19)11-6-2-4-8-13(11)15/h1-8H,9H2,(H4,18,19,20). The summed E-state index contributed by atoms with van der Waals surface area (Å²) in [6.45, 7) is 0.483. The second-order valence-electron chi connectivity index (χ2n) is 4.62. The first kappa shape index (κ1) is 12.9. The third-order valence-corrected chi connectivity index (χ3v) is 4.25. The van der Waals surface area contributed by atoms with E-state index in [2.05, 4.69) is 45.2 Å². The van der Waals surface area contributed by atoms with Crippen molar-refractivity contribution in [3.63, 3.8) is 0 Å². The van der Waals surface area contributed by atoms with Crippen LogP contribution in [0.25, 0.3) is 21.5 Å². The van der Waals surface area contributed by atoms with Crippen molar-refractivity contribution < 1.29 is 0 Å². The zero-order chi connectivity index (χ0) is 14.1. The number of halogens is 1. The topological polar surface area (TPSA) is 64.4 Å². The molecule has 3 aromatic carbocycles. The molecule has 0 heterocycles. The smallest absolute Gasteiger partial charge is 0.186 e. The third kappa shape index (κ3) is 2.12. The van der Waals surface area contributed by atoms with Crippen molar-refractivity contribution >= 4 is 43.4 Å². The van der Waals surface area contributed by atoms with Crippen LogP contribution in [0, 0.1) is 0 Å². The summed E-state index contributed by atoms with van der Waals surface area (Å²) in [5.74, 6) is 0.112. The van der Waals surface area contributed by atoms with Crippen molar-refractivity contribution in [1.82, 2.24) is 0 Å². The van der Waals surface area contributed by atoms with Crippen LogP contribution in [-0.4, -0.2) is 5.96 Å². The van der Waals surface area contributed by atoms with Crippen molar-refractivity contribution in [1.29, 1.82) is 0 Å². The SMILES string of the molecule is NC(N)=NCc1c2ccccc2c(Br)c2ccccc12. The molecule has 0 unspecified atom stereocenters. The van der Waals surface area contributed by atoms with E-state index in [1.807, 2.05) is 24.3 Å². The van der Waals surface area contributed by atoms with E-state index in [0.29, 0.717) is 6.54 Å². The predicted octanol–water partition coefficient (Wildman–Crippen LogP) is 3.53. The number of hydrogen-bond donors (Lipinski definition) is 2. The van der Waals surface area contributed by atoms with Crippen LogP contribution < -0.4 is 11.5 Å². The van der Waals surface area contributed by atoms with Crippen molar-refractivity contribution in [3.8, 4) is 0 Å². The first-order valence-corrected chi connectivity index (χ1v) is 7.11. The Morgan fingerprint density at radius 1 is 0.850 bits per heavy atom. The third-order valence-electron chi connectivity index (χ3n) is 3.40. The minimum Gasteiger partial charge on any atom is -0.370 e. The fraction of sp³-hybridized carbons (Fsp3) is 0.0625. The van der Waals surface area contributed by atoms with Gasteiger partial charge in [0.1, 0.15) is 0 Å². The maximum absolute atomic E-state index is 5.48. The molecule has 0 aliphatic rings. The number of benzene rings is 3. The fourth-order valence-electron chi connectivity index (χ4n) is 2.51. The van der Waals surface area contributed by atoms with Gasteiger partial charge in [-0.1, -0.05) is 48.5 Å². The van der Waals surface area contributed by atoms with E-state index in [4.69, 9.17) is 11.5 Å². The molecule has 20 heavy (non-hydrogen) atoms. The van der Waals surface area contributed by atoms with E-state index < -0.39 is 0 Å². The van der Waals surface area contributed by atoms with Crippen LogP contribution in [0.5, 0.6) is 0 Å². The first-order valence-electron chi connectivity index (χ1n) is 6.31. The second-order valence-corrected chi connectivity index (χ2v) is 5.42. The van der Waals surface area contributed by atoms with Gasteiger partial charge >= 0.3 is 0 Å². The predicted molar refractivity (Wildman–Crippen MR) is 88.7 cm³/mol. The zero-order valence-corrected chi connectivity index (χ0v) is 12.4. The van der Waals surface area contributed by atoms with Gasteiger partial charge in [-0.3, -0.25) is 0 Å². The Morgan fingerprint density at radius 3 is 1.75 bits per heavy atom. The van der Waals surface area contributed by atoms with Crippen LogP contribution in [0.4, 0.5) is 0 Å². The molecule has 0 saturated heterocycles. The molecular formula is C16H14BrN3. The summed E-state index contributed by atoms with van der Waals surface area (Å²) in [4.78, 5) is 4.18. The Kier molecular flexibility index (Phi) is 3.32. The monoisotopic (exact) mass is 327 g/mol. The molecular weight excluding hydrogens is 314 g/mol. The minimum atomic E-state index is 0.112. The Morgan fingerprint density at radius 2 is 1.30 bits per heavy atom. The molecule has 0 bridgehead atoms. The molecule has 0 aliphatic heterocycles. The molecule has 3 rings (SSSR count). The summed E-state index contributed by atoms with van der Waals surface area (Å²) in [6.07, 6.45) is 0. The quantitative estimate of drug-likeness (QED) is 0.429. The first-order chi connectivity index (χ1) is 9.68. The van der Waals surface area contributed by atoms with Gasteiger partial charge in [0, 0.05) is 4.47 Å². The average Bonchev–Trinajstić information content (AvgIpc) is 2.47. The van der Waals surface area contributed by atoms with Crippen LogP contribution in [0.3, 0.4) is 0 Å². The summed E-state index contributed by atoms with van der Waals surface area (Å²) in [5, 5.41) is 4.69. The largest absolute Gasteiger partial charge is 0.370 e. The van der Waals surface area contributed by atoms with E-state index in [1.54, 1.807) is 0 Å². The highest BCUT2D eigenvalue weighted by Gasteiger charge is 2.11. The summed E-state index contributed by atoms with van der Waals surface area (Å²) in [5.41, 5.74) is 12.1. The summed E-state index contributed by atoms with van der Waals surface area (Å²) >= 11 is 3.71. The molecule has 0 saturated carbocycles. The second kappa shape index (κ2) is 5.13. The Hall–Kier alpha value is -2.07. The Balaban J connectivity index is 2.43. The van der Waals surface area contributed by atoms with Gasteiger partial charge in [0.25, 0.3) is 0 Å². The molecule has 4 heteroatoms. The lowest BCUT2D eigenvalue weighted by molar-refractivity contribution is 1.08. The maximum Gasteiger partial charge on any atom is 0.186 e. The van der Waals surface area contributed by atoms with E-state index in [0.717, 1.165) is 10.0 Å². The number of nitrogens with zero attached hydrogens (tertiary/aromatic N) is 1. The Bertz CT molecular complexity index is 763. The fourth-order valence-corrected chi connectivity index (χ4v) is 3.20. The summed E-state index contributed by atoms with van der Waals surface area (Å²) in [6, 6.07) is 16.5. The molecule has 3 nitrogen and oxygen atoms in total. The number of guanidine groups is 1. The molecule has 0 aromatic heterocycles. The van der Waals surface area contributed by atoms with Gasteiger partial charge < -0.3 is 11.5 Å². The molecule has 0 aliphatic carbocycles. The van der Waals surface area contributed by atoms with Crippen molar-refractivity contribution in [2.75, 3.05) is 0 Å². The molecule has 0 fully saturated rings. The van der Waals surface area contributed by atoms with Gasteiger partial charge in [-0.25, -0.2) is 4.99 Å². The van der Waals surface area contributed by atoms with Gasteiger partial charge in [-0.15, -0.1) is 0 Å². The number of nitrogens with two attached hydrogens (primary N) is 2. The lowest BCUT2D eigenvalue weighted by Gasteiger charge is -2.12. The molecule has 4 N–H and O–H groups in total. The zero-order valence-electron chi connectivity index (χ0n) is 10.8. The van der Waals surface area contributed by atoms with Gasteiger partial charge in [-0.2, -0.15) is 0 Å². The molecule has 0 spiro atoms. The molecule has 100 valence electrons. The summed E-state index contributed by atoms with van der Waals surface area (Å²) in [7, 11) is 0. The van der Waals surface area contributed by atoms with Gasteiger partial charge in [-0.05, 0) is 43.0 Å². The lowest BCUT2D eigenvalue weighted by Crippen LogP contribution is -2.22. The number of fused-ring (bicyclic) bond motifs is 2. The van der Waals surface area contributed by atoms with Crippen LogP contribution in [0.2, 0.25) is 0 Å². The van der Waals surface area contributed by atoms with E-state index in [-0.39, 0.29) is 5.96 Å². The molecule has 0 radical (unpaired) electrons. The average molecular weight is 328 g/mol. The van der Waals surface area contributed by atoms with Crippen molar-refractivity contribution in [2.24, 2.45) is 16.5 Å². The molecule has 3 aromatic rings. The highest BCUT2D eigenvalue weighted by molar-refractivity contribution is 9.10.